The standard InChI is InChI=1S/C16H16FN3O2S2/c1-2-11-18-16(23)19-14-5-3-4-6-15(14)20-24(21,22)13-9-7-12(17)8-10-13/h2-10,20H,1,11H2,(H2,18,19,23). The van der Waals surface area contributed by atoms with E-state index in [1.54, 1.807) is 30.3 Å². The molecule has 0 heterocycles. The van der Waals surface area contributed by atoms with E-state index >= 15 is 0 Å². The van der Waals surface area contributed by atoms with E-state index in [1.807, 2.05) is 0 Å². The fourth-order valence-corrected chi connectivity index (χ4v) is 3.10. The summed E-state index contributed by atoms with van der Waals surface area (Å²) >= 11 is 5.12. The molecule has 2 rings (SSSR count). The molecule has 0 saturated heterocycles. The molecule has 0 amide bonds. The van der Waals surface area contributed by atoms with Gasteiger partial charge in [0.1, 0.15) is 5.82 Å². The molecule has 126 valence electrons. The van der Waals surface area contributed by atoms with Crippen molar-refractivity contribution in [1.29, 1.82) is 0 Å². The molecular formula is C16H16FN3O2S2. The van der Waals surface area contributed by atoms with Crippen LogP contribution >= 0.6 is 12.2 Å². The van der Waals surface area contributed by atoms with Crippen LogP contribution in [-0.2, 0) is 10.0 Å². The number of sulfonamides is 1. The summed E-state index contributed by atoms with van der Waals surface area (Å²) in [6.45, 7) is 4.06. The van der Waals surface area contributed by atoms with Crippen LogP contribution in [0.15, 0.2) is 66.1 Å². The van der Waals surface area contributed by atoms with Crippen LogP contribution < -0.4 is 15.4 Å². The van der Waals surface area contributed by atoms with E-state index in [0.29, 0.717) is 23.0 Å². The van der Waals surface area contributed by atoms with Gasteiger partial charge < -0.3 is 10.6 Å². The highest BCUT2D eigenvalue weighted by Gasteiger charge is 2.16. The first-order chi connectivity index (χ1) is 11.4. The van der Waals surface area contributed by atoms with Crippen molar-refractivity contribution in [2.75, 3.05) is 16.6 Å². The molecule has 24 heavy (non-hydrogen) atoms. The van der Waals surface area contributed by atoms with Gasteiger partial charge in [-0.05, 0) is 48.6 Å². The Balaban J connectivity index is 2.21. The third kappa shape index (κ3) is 4.77. The summed E-state index contributed by atoms with van der Waals surface area (Å²) in [5, 5.41) is 6.14. The average Bonchev–Trinajstić information content (AvgIpc) is 2.55. The van der Waals surface area contributed by atoms with Crippen LogP contribution in [-0.4, -0.2) is 20.1 Å². The SMILES string of the molecule is C=CCNC(=S)Nc1ccccc1NS(=O)(=O)c1ccc(F)cc1. The smallest absolute Gasteiger partial charge is 0.261 e. The summed E-state index contributed by atoms with van der Waals surface area (Å²) in [7, 11) is -3.84. The minimum absolute atomic E-state index is 0.0361. The number of para-hydroxylation sites is 2. The molecule has 8 heteroatoms. The molecule has 0 aliphatic rings. The maximum Gasteiger partial charge on any atom is 0.261 e. The van der Waals surface area contributed by atoms with E-state index in [-0.39, 0.29) is 4.90 Å². The van der Waals surface area contributed by atoms with E-state index in [1.165, 1.54) is 12.1 Å². The zero-order valence-electron chi connectivity index (χ0n) is 12.6. The number of anilines is 2. The van der Waals surface area contributed by atoms with Crippen LogP contribution in [0, 0.1) is 5.82 Å². The van der Waals surface area contributed by atoms with E-state index < -0.39 is 15.8 Å². The Morgan fingerprint density at radius 3 is 2.38 bits per heavy atom. The minimum atomic E-state index is -3.84. The number of halogens is 1. The molecule has 2 aromatic carbocycles. The highest BCUT2D eigenvalue weighted by molar-refractivity contribution is 7.92. The number of thiocarbonyl (C=S) groups is 1. The van der Waals surface area contributed by atoms with Crippen molar-refractivity contribution >= 4 is 38.7 Å². The molecule has 0 spiro atoms. The van der Waals surface area contributed by atoms with Crippen LogP contribution in [0.4, 0.5) is 15.8 Å². The van der Waals surface area contributed by atoms with Crippen molar-refractivity contribution in [2.45, 2.75) is 4.90 Å². The molecule has 2 aromatic rings. The number of hydrogen-bond acceptors (Lipinski definition) is 3. The molecule has 0 aliphatic carbocycles. The normalized spacial score (nSPS) is 10.7. The molecule has 3 N–H and O–H groups in total. The van der Waals surface area contributed by atoms with Crippen LogP contribution in [0.1, 0.15) is 0 Å². The first-order valence-corrected chi connectivity index (χ1v) is 8.84. The monoisotopic (exact) mass is 365 g/mol. The molecular weight excluding hydrogens is 349 g/mol. The minimum Gasteiger partial charge on any atom is -0.359 e. The molecule has 0 radical (unpaired) electrons. The van der Waals surface area contributed by atoms with E-state index in [0.717, 1.165) is 12.1 Å². The van der Waals surface area contributed by atoms with Crippen LogP contribution in [0.5, 0.6) is 0 Å². The molecule has 0 fully saturated rings. The van der Waals surface area contributed by atoms with Gasteiger partial charge in [0.05, 0.1) is 16.3 Å². The second kappa shape index (κ2) is 7.89. The highest BCUT2D eigenvalue weighted by Crippen LogP contribution is 2.24. The van der Waals surface area contributed by atoms with Gasteiger partial charge in [-0.15, -0.1) is 6.58 Å². The quantitative estimate of drug-likeness (QED) is 0.542. The third-order valence-electron chi connectivity index (χ3n) is 2.95. The Hall–Kier alpha value is -2.45. The molecule has 0 unspecified atom stereocenters. The Bertz CT molecular complexity index is 837. The predicted molar refractivity (Wildman–Crippen MR) is 98.1 cm³/mol. The summed E-state index contributed by atoms with van der Waals surface area (Å²) in [6.07, 6.45) is 1.65. The number of nitrogens with one attached hydrogen (secondary N) is 3. The van der Waals surface area contributed by atoms with Gasteiger partial charge in [-0.25, -0.2) is 12.8 Å². The van der Waals surface area contributed by atoms with Gasteiger partial charge in [0.15, 0.2) is 5.11 Å². The Labute approximate surface area is 145 Å². The lowest BCUT2D eigenvalue weighted by Crippen LogP contribution is -2.28. The molecule has 0 aliphatic heterocycles. The Morgan fingerprint density at radius 1 is 1.12 bits per heavy atom. The Morgan fingerprint density at radius 2 is 1.75 bits per heavy atom. The maximum atomic E-state index is 13.0. The lowest BCUT2D eigenvalue weighted by Gasteiger charge is -2.15. The topological polar surface area (TPSA) is 70.2 Å². The van der Waals surface area contributed by atoms with Crippen molar-refractivity contribution in [2.24, 2.45) is 0 Å². The Kier molecular flexibility index (Phi) is 5.88. The molecule has 0 atom stereocenters. The van der Waals surface area contributed by atoms with E-state index in [2.05, 4.69) is 21.9 Å². The summed E-state index contributed by atoms with van der Waals surface area (Å²) in [5.74, 6) is -0.505. The van der Waals surface area contributed by atoms with E-state index in [9.17, 15) is 12.8 Å². The predicted octanol–water partition coefficient (Wildman–Crippen LogP) is 3.10. The summed E-state index contributed by atoms with van der Waals surface area (Å²) in [5.41, 5.74) is 0.814. The van der Waals surface area contributed by atoms with Crippen molar-refractivity contribution in [1.82, 2.24) is 5.32 Å². The highest BCUT2D eigenvalue weighted by atomic mass is 32.2. The zero-order valence-corrected chi connectivity index (χ0v) is 14.3. The summed E-state index contributed by atoms with van der Waals surface area (Å²) in [4.78, 5) is -0.0361. The lowest BCUT2D eigenvalue weighted by molar-refractivity contribution is 0.599. The van der Waals surface area contributed by atoms with Gasteiger partial charge in [-0.1, -0.05) is 18.2 Å². The van der Waals surface area contributed by atoms with Gasteiger partial charge in [-0.3, -0.25) is 4.72 Å². The van der Waals surface area contributed by atoms with Gasteiger partial charge in [-0.2, -0.15) is 0 Å². The largest absolute Gasteiger partial charge is 0.359 e. The summed E-state index contributed by atoms with van der Waals surface area (Å²) in [6, 6.07) is 11.3. The van der Waals surface area contributed by atoms with Gasteiger partial charge in [0, 0.05) is 6.54 Å². The zero-order chi connectivity index (χ0) is 17.6. The first-order valence-electron chi connectivity index (χ1n) is 6.95. The second-order valence-corrected chi connectivity index (χ2v) is 6.82. The van der Waals surface area contributed by atoms with Crippen LogP contribution in [0.2, 0.25) is 0 Å². The number of rotatable bonds is 6. The van der Waals surface area contributed by atoms with Gasteiger partial charge in [0.25, 0.3) is 10.0 Å². The van der Waals surface area contributed by atoms with Gasteiger partial charge >= 0.3 is 0 Å². The molecule has 5 nitrogen and oxygen atoms in total. The van der Waals surface area contributed by atoms with Crippen LogP contribution in [0.3, 0.4) is 0 Å². The number of hydrogen-bond donors (Lipinski definition) is 3. The van der Waals surface area contributed by atoms with E-state index in [4.69, 9.17) is 12.2 Å². The number of benzene rings is 2. The summed E-state index contributed by atoms with van der Waals surface area (Å²) < 4.78 is 40.2. The van der Waals surface area contributed by atoms with Crippen molar-refractivity contribution in [3.63, 3.8) is 0 Å². The van der Waals surface area contributed by atoms with Crippen molar-refractivity contribution in [3.05, 3.63) is 67.0 Å². The van der Waals surface area contributed by atoms with Crippen molar-refractivity contribution in [3.8, 4) is 0 Å². The molecule has 0 aromatic heterocycles. The molecule has 0 saturated carbocycles. The fraction of sp³-hybridized carbons (Fsp3) is 0.0625. The first kappa shape index (κ1) is 17.9. The second-order valence-electron chi connectivity index (χ2n) is 4.73. The third-order valence-corrected chi connectivity index (χ3v) is 4.58. The maximum absolute atomic E-state index is 13.0. The lowest BCUT2D eigenvalue weighted by atomic mass is 10.3. The van der Waals surface area contributed by atoms with Gasteiger partial charge in [0.2, 0.25) is 0 Å². The fourth-order valence-electron chi connectivity index (χ4n) is 1.83. The average molecular weight is 365 g/mol. The molecule has 0 bridgehead atoms. The van der Waals surface area contributed by atoms with Crippen LogP contribution in [0.25, 0.3) is 0 Å². The van der Waals surface area contributed by atoms with Crippen molar-refractivity contribution < 1.29 is 12.8 Å².